The second-order valence-electron chi connectivity index (χ2n) is 5.88. The van der Waals surface area contributed by atoms with E-state index in [1.807, 2.05) is 0 Å². The van der Waals surface area contributed by atoms with Crippen molar-refractivity contribution in [2.24, 2.45) is 5.41 Å². The van der Waals surface area contributed by atoms with Crippen molar-refractivity contribution in [3.05, 3.63) is 29.3 Å². The van der Waals surface area contributed by atoms with Crippen LogP contribution in [0.1, 0.15) is 32.1 Å². The van der Waals surface area contributed by atoms with Crippen LogP contribution in [-0.4, -0.2) is 30.7 Å². The second-order valence-corrected chi connectivity index (χ2v) is 6.32. The highest BCUT2D eigenvalue weighted by Gasteiger charge is 2.30. The highest BCUT2D eigenvalue weighted by atomic mass is 35.5. The summed E-state index contributed by atoms with van der Waals surface area (Å²) in [5, 5.41) is 16.2. The molecule has 1 aromatic rings. The molecule has 0 saturated heterocycles. The first-order valence-corrected chi connectivity index (χ1v) is 7.88. The molecule has 0 aliphatic heterocycles. The maximum atomic E-state index is 11.9. The Hall–Kier alpha value is -1.10. The standard InChI is InChI=1S/C16H23ClN2O2/c17-13-5-4-6-14(9-13)19-15(21)10-18-11-16(12-20)7-2-1-3-8-16/h4-6,9,18,20H,1-3,7-8,10-12H2,(H,19,21). The van der Waals surface area contributed by atoms with Crippen molar-refractivity contribution < 1.29 is 9.90 Å². The van der Waals surface area contributed by atoms with Crippen LogP contribution < -0.4 is 10.6 Å². The fourth-order valence-corrected chi connectivity index (χ4v) is 3.10. The first kappa shape index (κ1) is 16.3. The zero-order chi connectivity index (χ0) is 15.1. The Labute approximate surface area is 130 Å². The van der Waals surface area contributed by atoms with Gasteiger partial charge in [0.15, 0.2) is 0 Å². The summed E-state index contributed by atoms with van der Waals surface area (Å²) < 4.78 is 0. The number of aliphatic hydroxyl groups excluding tert-OH is 1. The van der Waals surface area contributed by atoms with Gasteiger partial charge in [0.25, 0.3) is 0 Å². The third-order valence-corrected chi connectivity index (χ3v) is 4.38. The van der Waals surface area contributed by atoms with E-state index in [0.717, 1.165) is 25.7 Å². The molecule has 4 nitrogen and oxygen atoms in total. The van der Waals surface area contributed by atoms with Gasteiger partial charge in [0, 0.05) is 29.3 Å². The minimum absolute atomic E-state index is 0.0470. The van der Waals surface area contributed by atoms with E-state index in [0.29, 0.717) is 17.3 Å². The van der Waals surface area contributed by atoms with Gasteiger partial charge in [0.1, 0.15) is 0 Å². The van der Waals surface area contributed by atoms with Gasteiger partial charge >= 0.3 is 0 Å². The van der Waals surface area contributed by atoms with Crippen molar-refractivity contribution in [2.45, 2.75) is 32.1 Å². The lowest BCUT2D eigenvalue weighted by Crippen LogP contribution is -2.41. The molecular formula is C16H23ClN2O2. The van der Waals surface area contributed by atoms with E-state index in [-0.39, 0.29) is 24.5 Å². The van der Waals surface area contributed by atoms with Crippen LogP contribution >= 0.6 is 11.6 Å². The van der Waals surface area contributed by atoms with E-state index in [1.54, 1.807) is 24.3 Å². The predicted octanol–water partition coefficient (Wildman–Crippen LogP) is 2.81. The van der Waals surface area contributed by atoms with Crippen molar-refractivity contribution in [1.29, 1.82) is 0 Å². The SMILES string of the molecule is O=C(CNCC1(CO)CCCCC1)Nc1cccc(Cl)c1. The first-order chi connectivity index (χ1) is 10.1. The number of carbonyl (C=O) groups excluding carboxylic acids is 1. The number of rotatable bonds is 6. The minimum atomic E-state index is -0.0961. The van der Waals surface area contributed by atoms with Crippen LogP contribution in [0.4, 0.5) is 5.69 Å². The summed E-state index contributed by atoms with van der Waals surface area (Å²) >= 11 is 5.88. The van der Waals surface area contributed by atoms with Crippen LogP contribution in [0.5, 0.6) is 0 Å². The molecule has 1 saturated carbocycles. The molecule has 1 amide bonds. The fraction of sp³-hybridized carbons (Fsp3) is 0.562. The fourth-order valence-electron chi connectivity index (χ4n) is 2.91. The third-order valence-electron chi connectivity index (χ3n) is 4.14. The van der Waals surface area contributed by atoms with Gasteiger partial charge in [0.05, 0.1) is 6.54 Å². The van der Waals surface area contributed by atoms with Crippen LogP contribution in [0.2, 0.25) is 5.02 Å². The van der Waals surface area contributed by atoms with Crippen LogP contribution in [0, 0.1) is 5.41 Å². The van der Waals surface area contributed by atoms with Crippen LogP contribution in [0.15, 0.2) is 24.3 Å². The minimum Gasteiger partial charge on any atom is -0.396 e. The molecule has 0 aromatic heterocycles. The van der Waals surface area contributed by atoms with E-state index < -0.39 is 0 Å². The van der Waals surface area contributed by atoms with Gasteiger partial charge in [-0.2, -0.15) is 0 Å². The van der Waals surface area contributed by atoms with Gasteiger partial charge in [0.2, 0.25) is 5.91 Å². The van der Waals surface area contributed by atoms with Gasteiger partial charge in [-0.25, -0.2) is 0 Å². The van der Waals surface area contributed by atoms with Gasteiger partial charge in [-0.05, 0) is 31.0 Å². The van der Waals surface area contributed by atoms with Gasteiger partial charge in [-0.1, -0.05) is 36.9 Å². The molecule has 116 valence electrons. The topological polar surface area (TPSA) is 61.4 Å². The Kier molecular flexibility index (Phi) is 6.03. The van der Waals surface area contributed by atoms with E-state index in [1.165, 1.54) is 6.42 Å². The zero-order valence-corrected chi connectivity index (χ0v) is 13.0. The smallest absolute Gasteiger partial charge is 0.238 e. The number of anilines is 1. The summed E-state index contributed by atoms with van der Waals surface area (Å²) in [5.74, 6) is -0.0961. The summed E-state index contributed by atoms with van der Waals surface area (Å²) in [5.41, 5.74) is 0.651. The average Bonchev–Trinajstić information content (AvgIpc) is 2.48. The molecule has 0 spiro atoms. The number of carbonyl (C=O) groups is 1. The van der Waals surface area contributed by atoms with Crippen molar-refractivity contribution >= 4 is 23.2 Å². The Morgan fingerprint density at radius 1 is 1.29 bits per heavy atom. The third kappa shape index (κ3) is 4.99. The normalized spacial score (nSPS) is 17.4. The van der Waals surface area contributed by atoms with Crippen molar-refractivity contribution in [1.82, 2.24) is 5.32 Å². The zero-order valence-electron chi connectivity index (χ0n) is 12.2. The Morgan fingerprint density at radius 3 is 2.71 bits per heavy atom. The quantitative estimate of drug-likeness (QED) is 0.757. The maximum Gasteiger partial charge on any atom is 0.238 e. The van der Waals surface area contributed by atoms with E-state index in [4.69, 9.17) is 11.6 Å². The lowest BCUT2D eigenvalue weighted by Gasteiger charge is -2.35. The number of benzene rings is 1. The molecular weight excluding hydrogens is 288 g/mol. The monoisotopic (exact) mass is 310 g/mol. The number of hydrogen-bond donors (Lipinski definition) is 3. The van der Waals surface area contributed by atoms with Crippen molar-refractivity contribution in [2.75, 3.05) is 25.0 Å². The van der Waals surface area contributed by atoms with Crippen molar-refractivity contribution in [3.8, 4) is 0 Å². The summed E-state index contributed by atoms with van der Waals surface area (Å²) in [4.78, 5) is 11.9. The number of amides is 1. The molecule has 1 aromatic carbocycles. The summed E-state index contributed by atoms with van der Waals surface area (Å²) in [7, 11) is 0. The van der Waals surface area contributed by atoms with Crippen LogP contribution in [0.25, 0.3) is 0 Å². The Morgan fingerprint density at radius 2 is 2.05 bits per heavy atom. The molecule has 1 fully saturated rings. The summed E-state index contributed by atoms with van der Waals surface area (Å²) in [6.45, 7) is 1.12. The van der Waals surface area contributed by atoms with E-state index in [9.17, 15) is 9.90 Å². The van der Waals surface area contributed by atoms with Gasteiger partial charge in [-0.3, -0.25) is 4.79 Å². The highest BCUT2D eigenvalue weighted by molar-refractivity contribution is 6.30. The number of halogens is 1. The Balaban J connectivity index is 1.76. The molecule has 0 heterocycles. The van der Waals surface area contributed by atoms with Gasteiger partial charge < -0.3 is 15.7 Å². The number of nitrogens with one attached hydrogen (secondary N) is 2. The van der Waals surface area contributed by atoms with Crippen LogP contribution in [-0.2, 0) is 4.79 Å². The molecule has 0 bridgehead atoms. The second kappa shape index (κ2) is 7.78. The number of aliphatic hydroxyl groups is 1. The number of hydrogen-bond acceptors (Lipinski definition) is 3. The maximum absolute atomic E-state index is 11.9. The van der Waals surface area contributed by atoms with E-state index >= 15 is 0 Å². The van der Waals surface area contributed by atoms with E-state index in [2.05, 4.69) is 10.6 Å². The lowest BCUT2D eigenvalue weighted by atomic mass is 9.74. The average molecular weight is 311 g/mol. The summed E-state index contributed by atoms with van der Waals surface area (Å²) in [6, 6.07) is 7.09. The molecule has 3 N–H and O–H groups in total. The molecule has 1 aliphatic carbocycles. The molecule has 0 radical (unpaired) electrons. The molecule has 1 aliphatic rings. The Bertz CT molecular complexity index is 473. The predicted molar refractivity (Wildman–Crippen MR) is 85.6 cm³/mol. The van der Waals surface area contributed by atoms with Crippen molar-refractivity contribution in [3.63, 3.8) is 0 Å². The molecule has 0 atom stereocenters. The highest BCUT2D eigenvalue weighted by Crippen LogP contribution is 2.35. The molecule has 0 unspecified atom stereocenters. The summed E-state index contributed by atoms with van der Waals surface area (Å²) in [6.07, 6.45) is 5.64. The molecule has 2 rings (SSSR count). The molecule has 5 heteroatoms. The largest absolute Gasteiger partial charge is 0.396 e. The van der Waals surface area contributed by atoms with Crippen LogP contribution in [0.3, 0.4) is 0 Å². The lowest BCUT2D eigenvalue weighted by molar-refractivity contribution is -0.115. The van der Waals surface area contributed by atoms with Gasteiger partial charge in [-0.15, -0.1) is 0 Å². The molecule has 21 heavy (non-hydrogen) atoms. The first-order valence-electron chi connectivity index (χ1n) is 7.51.